The first-order valence-corrected chi connectivity index (χ1v) is 7.76. The van der Waals surface area contributed by atoms with Crippen molar-refractivity contribution in [1.29, 1.82) is 0 Å². The average Bonchev–Trinajstić information content (AvgIpc) is 2.34. The molecule has 19 heavy (non-hydrogen) atoms. The number of hydrogen-bond donors (Lipinski definition) is 2. The summed E-state index contributed by atoms with van der Waals surface area (Å²) in [4.78, 5) is 0.250. The Labute approximate surface area is 114 Å². The first-order valence-electron chi connectivity index (χ1n) is 6.32. The van der Waals surface area contributed by atoms with Crippen LogP contribution < -0.4 is 5.32 Å². The smallest absolute Gasteiger partial charge is 0.244 e. The number of hydrogen-bond acceptors (Lipinski definition) is 4. The van der Waals surface area contributed by atoms with Crippen molar-refractivity contribution in [2.45, 2.75) is 29.7 Å². The van der Waals surface area contributed by atoms with Crippen molar-refractivity contribution in [3.63, 3.8) is 0 Å². The number of aliphatic hydroxyl groups is 1. The number of nitrogens with zero attached hydrogens (tertiary/aromatic N) is 1. The molecule has 0 amide bonds. The van der Waals surface area contributed by atoms with E-state index in [9.17, 15) is 13.5 Å². The standard InChI is InChI=1S/C13H20N2O3S/c1-15(2)19(17,18)12-7-4-3-6-11(12)14-13(10-16)8-5-9-13/h3-4,6-7,14,16H,5,8-10H2,1-2H3. The monoisotopic (exact) mass is 284 g/mol. The molecule has 2 rings (SSSR count). The molecule has 0 radical (unpaired) electrons. The molecule has 0 aromatic heterocycles. The van der Waals surface area contributed by atoms with Gasteiger partial charge in [0.2, 0.25) is 10.0 Å². The second-order valence-corrected chi connectivity index (χ2v) is 7.32. The maximum atomic E-state index is 12.3. The fourth-order valence-electron chi connectivity index (χ4n) is 2.20. The molecule has 0 unspecified atom stereocenters. The second kappa shape index (κ2) is 5.11. The summed E-state index contributed by atoms with van der Waals surface area (Å²) in [5.41, 5.74) is 0.197. The first-order chi connectivity index (χ1) is 8.91. The molecule has 1 aliphatic rings. The van der Waals surface area contributed by atoms with Gasteiger partial charge in [-0.1, -0.05) is 12.1 Å². The molecule has 0 spiro atoms. The molecule has 1 aromatic carbocycles. The van der Waals surface area contributed by atoms with Crippen LogP contribution in [0, 0.1) is 0 Å². The molecular weight excluding hydrogens is 264 g/mol. The van der Waals surface area contributed by atoms with Crippen LogP contribution in [0.1, 0.15) is 19.3 Å². The minimum atomic E-state index is -3.48. The predicted octanol–water partition coefficient (Wildman–Crippen LogP) is 1.26. The summed E-state index contributed by atoms with van der Waals surface area (Å²) >= 11 is 0. The molecule has 1 saturated carbocycles. The highest BCUT2D eigenvalue weighted by Gasteiger charge is 2.37. The van der Waals surface area contributed by atoms with Crippen LogP contribution in [-0.2, 0) is 10.0 Å². The lowest BCUT2D eigenvalue weighted by Crippen LogP contribution is -2.48. The van der Waals surface area contributed by atoms with E-state index in [-0.39, 0.29) is 17.0 Å². The SMILES string of the molecule is CN(C)S(=O)(=O)c1ccccc1NC1(CO)CCC1. The third kappa shape index (κ3) is 2.61. The van der Waals surface area contributed by atoms with Crippen molar-refractivity contribution < 1.29 is 13.5 Å². The molecule has 0 atom stereocenters. The van der Waals surface area contributed by atoms with Crippen LogP contribution in [0.4, 0.5) is 5.69 Å². The fourth-order valence-corrected chi connectivity index (χ4v) is 3.24. The number of aliphatic hydroxyl groups excluding tert-OH is 1. The Morgan fingerprint density at radius 2 is 1.95 bits per heavy atom. The van der Waals surface area contributed by atoms with Crippen molar-refractivity contribution in [2.75, 3.05) is 26.0 Å². The summed E-state index contributed by atoms with van der Waals surface area (Å²) in [6.07, 6.45) is 2.77. The highest BCUT2D eigenvalue weighted by atomic mass is 32.2. The summed E-state index contributed by atoms with van der Waals surface area (Å²) in [7, 11) is -0.461. The van der Waals surface area contributed by atoms with Gasteiger partial charge in [-0.2, -0.15) is 0 Å². The maximum Gasteiger partial charge on any atom is 0.244 e. The number of rotatable bonds is 5. The van der Waals surface area contributed by atoms with E-state index in [0.717, 1.165) is 19.3 Å². The average molecular weight is 284 g/mol. The van der Waals surface area contributed by atoms with Gasteiger partial charge in [0, 0.05) is 14.1 Å². The van der Waals surface area contributed by atoms with E-state index in [1.807, 2.05) is 0 Å². The lowest BCUT2D eigenvalue weighted by molar-refractivity contribution is 0.144. The highest BCUT2D eigenvalue weighted by Crippen LogP contribution is 2.36. The van der Waals surface area contributed by atoms with E-state index in [4.69, 9.17) is 0 Å². The minimum absolute atomic E-state index is 0.0172. The minimum Gasteiger partial charge on any atom is -0.394 e. The van der Waals surface area contributed by atoms with Crippen LogP contribution in [-0.4, -0.2) is 44.1 Å². The Balaban J connectivity index is 2.37. The lowest BCUT2D eigenvalue weighted by Gasteiger charge is -2.42. The Kier molecular flexibility index (Phi) is 3.85. The molecule has 0 saturated heterocycles. The number of nitrogens with one attached hydrogen (secondary N) is 1. The summed E-state index contributed by atoms with van der Waals surface area (Å²) in [6, 6.07) is 6.82. The zero-order valence-corrected chi connectivity index (χ0v) is 12.1. The van der Waals surface area contributed by atoms with Gasteiger partial charge in [-0.15, -0.1) is 0 Å². The van der Waals surface area contributed by atoms with Crippen molar-refractivity contribution >= 4 is 15.7 Å². The third-order valence-electron chi connectivity index (χ3n) is 3.66. The van der Waals surface area contributed by atoms with Crippen LogP contribution in [0.3, 0.4) is 0 Å². The summed E-state index contributed by atoms with van der Waals surface area (Å²) in [5, 5.41) is 12.7. The van der Waals surface area contributed by atoms with Crippen molar-refractivity contribution in [3.8, 4) is 0 Å². The van der Waals surface area contributed by atoms with Gasteiger partial charge in [-0.25, -0.2) is 12.7 Å². The van der Waals surface area contributed by atoms with Crippen LogP contribution in [0.15, 0.2) is 29.2 Å². The summed E-state index contributed by atoms with van der Waals surface area (Å²) in [5.74, 6) is 0. The molecule has 1 aliphatic carbocycles. The topological polar surface area (TPSA) is 69.6 Å². The summed E-state index contributed by atoms with van der Waals surface area (Å²) < 4.78 is 25.7. The number of sulfonamides is 1. The van der Waals surface area contributed by atoms with Crippen LogP contribution in [0.25, 0.3) is 0 Å². The molecule has 6 heteroatoms. The Morgan fingerprint density at radius 1 is 1.32 bits per heavy atom. The van der Waals surface area contributed by atoms with Crippen molar-refractivity contribution in [2.24, 2.45) is 0 Å². The van der Waals surface area contributed by atoms with Gasteiger partial charge >= 0.3 is 0 Å². The largest absolute Gasteiger partial charge is 0.394 e. The normalized spacial score (nSPS) is 18.1. The zero-order chi connectivity index (χ0) is 14.1. The van der Waals surface area contributed by atoms with Crippen molar-refractivity contribution in [1.82, 2.24) is 4.31 Å². The first kappa shape index (κ1) is 14.3. The van der Waals surface area contributed by atoms with E-state index in [2.05, 4.69) is 5.32 Å². The fraction of sp³-hybridized carbons (Fsp3) is 0.538. The van der Waals surface area contributed by atoms with Gasteiger partial charge in [0.1, 0.15) is 4.90 Å². The van der Waals surface area contributed by atoms with Gasteiger partial charge in [-0.05, 0) is 31.4 Å². The molecule has 0 heterocycles. The zero-order valence-electron chi connectivity index (χ0n) is 11.3. The molecule has 1 fully saturated rings. The van der Waals surface area contributed by atoms with E-state index in [1.54, 1.807) is 24.3 Å². The van der Waals surface area contributed by atoms with Crippen LogP contribution in [0.2, 0.25) is 0 Å². The Bertz CT molecular complexity index is 545. The van der Waals surface area contributed by atoms with Gasteiger partial charge in [0.05, 0.1) is 17.8 Å². The number of para-hydroxylation sites is 1. The van der Waals surface area contributed by atoms with Gasteiger partial charge in [0.25, 0.3) is 0 Å². The van der Waals surface area contributed by atoms with Gasteiger partial charge < -0.3 is 10.4 Å². The quantitative estimate of drug-likeness (QED) is 0.854. The molecule has 2 N–H and O–H groups in total. The molecule has 5 nitrogen and oxygen atoms in total. The molecule has 0 aliphatic heterocycles. The van der Waals surface area contributed by atoms with Crippen LogP contribution in [0.5, 0.6) is 0 Å². The Hall–Kier alpha value is -1.11. The predicted molar refractivity (Wildman–Crippen MR) is 74.6 cm³/mol. The van der Waals surface area contributed by atoms with E-state index < -0.39 is 10.0 Å². The molecule has 106 valence electrons. The molecule has 0 bridgehead atoms. The maximum absolute atomic E-state index is 12.3. The summed E-state index contributed by atoms with van der Waals surface area (Å²) in [6.45, 7) is 0.0172. The van der Waals surface area contributed by atoms with E-state index in [0.29, 0.717) is 5.69 Å². The molecular formula is C13H20N2O3S. The van der Waals surface area contributed by atoms with E-state index in [1.165, 1.54) is 18.4 Å². The third-order valence-corrected chi connectivity index (χ3v) is 5.53. The number of anilines is 1. The lowest BCUT2D eigenvalue weighted by atomic mass is 9.77. The molecule has 1 aromatic rings. The van der Waals surface area contributed by atoms with E-state index >= 15 is 0 Å². The van der Waals surface area contributed by atoms with Crippen molar-refractivity contribution in [3.05, 3.63) is 24.3 Å². The second-order valence-electron chi connectivity index (χ2n) is 5.20. The Morgan fingerprint density at radius 3 is 2.42 bits per heavy atom. The number of benzene rings is 1. The van der Waals surface area contributed by atoms with Gasteiger partial charge in [-0.3, -0.25) is 0 Å². The van der Waals surface area contributed by atoms with Crippen LogP contribution >= 0.6 is 0 Å². The van der Waals surface area contributed by atoms with Gasteiger partial charge in [0.15, 0.2) is 0 Å². The highest BCUT2D eigenvalue weighted by molar-refractivity contribution is 7.89.